The van der Waals surface area contributed by atoms with E-state index in [1.807, 2.05) is 31.2 Å². The molecule has 1 N–H and O–H groups in total. The predicted molar refractivity (Wildman–Crippen MR) is 83.1 cm³/mol. The molecule has 2 rings (SSSR count). The Hall–Kier alpha value is -1.81. The Balaban J connectivity index is 2.44. The van der Waals surface area contributed by atoms with Gasteiger partial charge in [0.15, 0.2) is 10.8 Å². The SMILES string of the molecule is CCCCc1nc(Cl)c(C(=O)O)n1Cc1ccccc1C. The molecule has 0 saturated heterocycles. The third-order valence-corrected chi connectivity index (χ3v) is 3.81. The molecule has 0 unspecified atom stereocenters. The molecule has 0 bridgehead atoms. The molecule has 0 aliphatic rings. The molecule has 1 aromatic heterocycles. The predicted octanol–water partition coefficient (Wildman–Crippen LogP) is 3.93. The number of aryl methyl sites for hydroxylation is 2. The molecule has 2 aromatic rings. The van der Waals surface area contributed by atoms with E-state index in [1.165, 1.54) is 0 Å². The lowest BCUT2D eigenvalue weighted by molar-refractivity contribution is 0.0685. The molecule has 4 nitrogen and oxygen atoms in total. The molecule has 0 aliphatic carbocycles. The third kappa shape index (κ3) is 3.45. The topological polar surface area (TPSA) is 55.1 Å². The third-order valence-electron chi connectivity index (χ3n) is 3.55. The largest absolute Gasteiger partial charge is 0.476 e. The van der Waals surface area contributed by atoms with Crippen LogP contribution in [0, 0.1) is 6.92 Å². The summed E-state index contributed by atoms with van der Waals surface area (Å²) in [5, 5.41) is 9.46. The van der Waals surface area contributed by atoms with E-state index >= 15 is 0 Å². The van der Waals surface area contributed by atoms with Gasteiger partial charge in [0.25, 0.3) is 0 Å². The lowest BCUT2D eigenvalue weighted by Crippen LogP contribution is -2.13. The average Bonchev–Trinajstić information content (AvgIpc) is 2.75. The number of carboxylic acids is 1. The van der Waals surface area contributed by atoms with Gasteiger partial charge in [0, 0.05) is 13.0 Å². The van der Waals surface area contributed by atoms with Crippen LogP contribution in [0.2, 0.25) is 5.15 Å². The Morgan fingerprint density at radius 3 is 2.71 bits per heavy atom. The van der Waals surface area contributed by atoms with Crippen molar-refractivity contribution in [3.05, 3.63) is 52.1 Å². The zero-order valence-corrected chi connectivity index (χ0v) is 13.0. The number of halogens is 1. The van der Waals surface area contributed by atoms with Gasteiger partial charge < -0.3 is 9.67 Å². The Morgan fingerprint density at radius 2 is 2.10 bits per heavy atom. The number of rotatable bonds is 6. The van der Waals surface area contributed by atoms with Crippen LogP contribution in [0.1, 0.15) is 47.2 Å². The molecule has 0 spiro atoms. The van der Waals surface area contributed by atoms with Gasteiger partial charge in [-0.2, -0.15) is 0 Å². The minimum absolute atomic E-state index is 0.0715. The molecule has 0 saturated carbocycles. The fraction of sp³-hybridized carbons (Fsp3) is 0.375. The van der Waals surface area contributed by atoms with Crippen LogP contribution in [0.3, 0.4) is 0 Å². The standard InChI is InChI=1S/C16H19ClN2O2/c1-3-4-9-13-18-15(17)14(16(20)21)19(13)10-12-8-6-5-7-11(12)2/h5-8H,3-4,9-10H2,1-2H3,(H,20,21). The van der Waals surface area contributed by atoms with Gasteiger partial charge in [-0.1, -0.05) is 49.2 Å². The fourth-order valence-corrected chi connectivity index (χ4v) is 2.61. The van der Waals surface area contributed by atoms with Crippen molar-refractivity contribution in [1.82, 2.24) is 9.55 Å². The quantitative estimate of drug-likeness (QED) is 0.879. The van der Waals surface area contributed by atoms with E-state index in [0.29, 0.717) is 6.54 Å². The number of hydrogen-bond acceptors (Lipinski definition) is 2. The van der Waals surface area contributed by atoms with Crippen LogP contribution in [0.25, 0.3) is 0 Å². The van der Waals surface area contributed by atoms with Crippen molar-refractivity contribution in [3.8, 4) is 0 Å². The van der Waals surface area contributed by atoms with E-state index in [0.717, 1.165) is 36.2 Å². The van der Waals surface area contributed by atoms with Crippen LogP contribution in [-0.4, -0.2) is 20.6 Å². The first-order valence-electron chi connectivity index (χ1n) is 7.07. The summed E-state index contributed by atoms with van der Waals surface area (Å²) in [5.74, 6) is -0.300. The van der Waals surface area contributed by atoms with E-state index in [-0.39, 0.29) is 10.8 Å². The molecule has 0 fully saturated rings. The van der Waals surface area contributed by atoms with Gasteiger partial charge in [-0.15, -0.1) is 0 Å². The van der Waals surface area contributed by atoms with Crippen LogP contribution in [0.4, 0.5) is 0 Å². The smallest absolute Gasteiger partial charge is 0.355 e. The maximum Gasteiger partial charge on any atom is 0.355 e. The van der Waals surface area contributed by atoms with Crippen molar-refractivity contribution in [3.63, 3.8) is 0 Å². The van der Waals surface area contributed by atoms with Gasteiger partial charge in [0.05, 0.1) is 0 Å². The molecule has 1 heterocycles. The Labute approximate surface area is 129 Å². The van der Waals surface area contributed by atoms with Gasteiger partial charge in [-0.25, -0.2) is 9.78 Å². The summed E-state index contributed by atoms with van der Waals surface area (Å²) in [6, 6.07) is 7.93. The number of aromatic nitrogens is 2. The van der Waals surface area contributed by atoms with Gasteiger partial charge in [0.2, 0.25) is 0 Å². The van der Waals surface area contributed by atoms with Gasteiger partial charge >= 0.3 is 5.97 Å². The van der Waals surface area contributed by atoms with E-state index in [4.69, 9.17) is 11.6 Å². The summed E-state index contributed by atoms with van der Waals surface area (Å²) in [5.41, 5.74) is 2.28. The van der Waals surface area contributed by atoms with Gasteiger partial charge in [0.1, 0.15) is 5.82 Å². The van der Waals surface area contributed by atoms with Crippen molar-refractivity contribution < 1.29 is 9.90 Å². The summed E-state index contributed by atoms with van der Waals surface area (Å²) < 4.78 is 1.72. The second-order valence-electron chi connectivity index (χ2n) is 5.09. The second-order valence-corrected chi connectivity index (χ2v) is 5.45. The first kappa shape index (κ1) is 15.6. The summed E-state index contributed by atoms with van der Waals surface area (Å²) in [6.07, 6.45) is 2.72. The number of carboxylic acid groups (broad SMARTS) is 1. The van der Waals surface area contributed by atoms with Gasteiger partial charge in [-0.05, 0) is 24.5 Å². The first-order chi connectivity index (χ1) is 10.0. The highest BCUT2D eigenvalue weighted by Gasteiger charge is 2.21. The summed E-state index contributed by atoms with van der Waals surface area (Å²) in [6.45, 7) is 4.58. The number of unbranched alkanes of at least 4 members (excludes halogenated alkanes) is 1. The Kier molecular flexibility index (Phi) is 5.02. The zero-order chi connectivity index (χ0) is 15.4. The maximum absolute atomic E-state index is 11.5. The molecule has 0 atom stereocenters. The van der Waals surface area contributed by atoms with E-state index in [1.54, 1.807) is 4.57 Å². The number of aromatic carboxylic acids is 1. The highest BCUT2D eigenvalue weighted by molar-refractivity contribution is 6.32. The number of benzene rings is 1. The molecule has 1 aromatic carbocycles. The molecule has 112 valence electrons. The second kappa shape index (κ2) is 6.76. The Morgan fingerprint density at radius 1 is 1.38 bits per heavy atom. The molecule has 21 heavy (non-hydrogen) atoms. The zero-order valence-electron chi connectivity index (χ0n) is 12.3. The number of carbonyl (C=O) groups is 1. The molecular formula is C16H19ClN2O2. The summed E-state index contributed by atoms with van der Waals surface area (Å²) in [7, 11) is 0. The normalized spacial score (nSPS) is 10.8. The van der Waals surface area contributed by atoms with Gasteiger partial charge in [-0.3, -0.25) is 0 Å². The van der Waals surface area contributed by atoms with E-state index in [9.17, 15) is 9.90 Å². The maximum atomic E-state index is 11.5. The molecule has 0 amide bonds. The molecule has 0 radical (unpaired) electrons. The first-order valence-corrected chi connectivity index (χ1v) is 7.45. The molecule has 0 aliphatic heterocycles. The van der Waals surface area contributed by atoms with E-state index < -0.39 is 5.97 Å². The minimum Gasteiger partial charge on any atom is -0.476 e. The number of nitrogens with zero attached hydrogens (tertiary/aromatic N) is 2. The lowest BCUT2D eigenvalue weighted by atomic mass is 10.1. The summed E-state index contributed by atoms with van der Waals surface area (Å²) >= 11 is 6.02. The van der Waals surface area contributed by atoms with Crippen molar-refractivity contribution in [1.29, 1.82) is 0 Å². The van der Waals surface area contributed by atoms with E-state index in [2.05, 4.69) is 11.9 Å². The fourth-order valence-electron chi connectivity index (χ4n) is 2.32. The highest BCUT2D eigenvalue weighted by Crippen LogP contribution is 2.21. The van der Waals surface area contributed by atoms with Crippen LogP contribution >= 0.6 is 11.6 Å². The van der Waals surface area contributed by atoms with Crippen LogP contribution in [0.5, 0.6) is 0 Å². The number of imidazole rings is 1. The molecular weight excluding hydrogens is 288 g/mol. The van der Waals surface area contributed by atoms with Crippen molar-refractivity contribution in [2.45, 2.75) is 39.7 Å². The Bertz CT molecular complexity index is 650. The lowest BCUT2D eigenvalue weighted by Gasteiger charge is -2.12. The van der Waals surface area contributed by atoms with Crippen LogP contribution in [-0.2, 0) is 13.0 Å². The van der Waals surface area contributed by atoms with Crippen LogP contribution < -0.4 is 0 Å². The van der Waals surface area contributed by atoms with Crippen molar-refractivity contribution >= 4 is 17.6 Å². The average molecular weight is 307 g/mol. The van der Waals surface area contributed by atoms with Crippen LogP contribution in [0.15, 0.2) is 24.3 Å². The van der Waals surface area contributed by atoms with Crippen molar-refractivity contribution in [2.75, 3.05) is 0 Å². The summed E-state index contributed by atoms with van der Waals surface area (Å²) in [4.78, 5) is 15.7. The highest BCUT2D eigenvalue weighted by atomic mass is 35.5. The van der Waals surface area contributed by atoms with Crippen molar-refractivity contribution in [2.24, 2.45) is 0 Å². The number of hydrogen-bond donors (Lipinski definition) is 1. The monoisotopic (exact) mass is 306 g/mol. The molecule has 5 heteroatoms. The minimum atomic E-state index is -1.04.